The monoisotopic (exact) mass is 312 g/mol. The van der Waals surface area contributed by atoms with Crippen molar-refractivity contribution in [2.45, 2.75) is 39.3 Å². The highest BCUT2D eigenvalue weighted by Crippen LogP contribution is 2.20. The molecule has 1 aliphatic rings. The van der Waals surface area contributed by atoms with Gasteiger partial charge in [-0.2, -0.15) is 0 Å². The number of amides is 1. The molecule has 0 N–H and O–H groups in total. The molecule has 2 heterocycles. The van der Waals surface area contributed by atoms with E-state index in [1.807, 2.05) is 33.8 Å². The van der Waals surface area contributed by atoms with Gasteiger partial charge in [0.05, 0.1) is 0 Å². The van der Waals surface area contributed by atoms with Gasteiger partial charge in [0.15, 0.2) is 0 Å². The topological polar surface area (TPSA) is 58.6 Å². The summed E-state index contributed by atoms with van der Waals surface area (Å²) in [5.74, 6) is 0.784. The van der Waals surface area contributed by atoms with Gasteiger partial charge < -0.3 is 14.5 Å². The summed E-state index contributed by atoms with van der Waals surface area (Å²) in [6.45, 7) is 9.53. The van der Waals surface area contributed by atoms with Crippen LogP contribution in [0.4, 0.5) is 10.6 Å². The van der Waals surface area contributed by atoms with Gasteiger partial charge in [0.2, 0.25) is 5.28 Å². The summed E-state index contributed by atoms with van der Waals surface area (Å²) >= 11 is 5.83. The second-order valence-corrected chi connectivity index (χ2v) is 6.49. The van der Waals surface area contributed by atoms with E-state index in [0.29, 0.717) is 19.6 Å². The van der Waals surface area contributed by atoms with Gasteiger partial charge in [-0.1, -0.05) is 0 Å². The molecular weight excluding hydrogens is 292 g/mol. The molecule has 6 nitrogen and oxygen atoms in total. The first-order chi connectivity index (χ1) is 9.76. The van der Waals surface area contributed by atoms with Crippen LogP contribution in [0.2, 0.25) is 5.28 Å². The van der Waals surface area contributed by atoms with E-state index in [4.69, 9.17) is 16.3 Å². The SMILES string of the molecule is CC1CN(C(=O)OC(C)(C)C)CCN1c1ccnc(Cl)n1. The standard InChI is InChI=1S/C14H21ClN4O2/c1-10-9-18(13(20)21-14(2,3)4)7-8-19(10)11-5-6-16-12(15)17-11/h5-6,10H,7-9H2,1-4H3. The minimum Gasteiger partial charge on any atom is -0.444 e. The zero-order valence-electron chi connectivity index (χ0n) is 12.8. The third kappa shape index (κ3) is 4.20. The fourth-order valence-corrected chi connectivity index (χ4v) is 2.42. The van der Waals surface area contributed by atoms with Gasteiger partial charge in [0, 0.05) is 31.9 Å². The van der Waals surface area contributed by atoms with Crippen molar-refractivity contribution in [2.75, 3.05) is 24.5 Å². The molecule has 0 aliphatic carbocycles. The number of carbonyl (C=O) groups excluding carboxylic acids is 1. The van der Waals surface area contributed by atoms with Crippen LogP contribution in [-0.2, 0) is 4.74 Å². The lowest BCUT2D eigenvalue weighted by molar-refractivity contribution is 0.0218. The lowest BCUT2D eigenvalue weighted by atomic mass is 10.2. The van der Waals surface area contributed by atoms with Crippen molar-refractivity contribution in [3.05, 3.63) is 17.5 Å². The zero-order valence-corrected chi connectivity index (χ0v) is 13.6. The maximum absolute atomic E-state index is 12.1. The molecular formula is C14H21ClN4O2. The number of nitrogens with zero attached hydrogens (tertiary/aromatic N) is 4. The number of anilines is 1. The minimum absolute atomic E-state index is 0.136. The van der Waals surface area contributed by atoms with Gasteiger partial charge in [-0.3, -0.25) is 0 Å². The van der Waals surface area contributed by atoms with E-state index in [-0.39, 0.29) is 17.4 Å². The molecule has 21 heavy (non-hydrogen) atoms. The van der Waals surface area contributed by atoms with Crippen LogP contribution in [0.3, 0.4) is 0 Å². The highest BCUT2D eigenvalue weighted by molar-refractivity contribution is 6.28. The van der Waals surface area contributed by atoms with Crippen molar-refractivity contribution in [3.63, 3.8) is 0 Å². The predicted octanol–water partition coefficient (Wildman–Crippen LogP) is 2.58. The smallest absolute Gasteiger partial charge is 0.410 e. The maximum atomic E-state index is 12.1. The average Bonchev–Trinajstić information content (AvgIpc) is 2.36. The molecule has 7 heteroatoms. The van der Waals surface area contributed by atoms with Crippen LogP contribution < -0.4 is 4.90 Å². The van der Waals surface area contributed by atoms with Gasteiger partial charge in [0.25, 0.3) is 0 Å². The summed E-state index contributed by atoms with van der Waals surface area (Å²) in [5.41, 5.74) is -0.475. The Balaban J connectivity index is 2.01. The van der Waals surface area contributed by atoms with E-state index in [2.05, 4.69) is 14.9 Å². The molecule has 1 aromatic rings. The fourth-order valence-electron chi connectivity index (χ4n) is 2.28. The average molecular weight is 313 g/mol. The number of hydrogen-bond donors (Lipinski definition) is 0. The Hall–Kier alpha value is -1.56. The molecule has 0 aromatic carbocycles. The van der Waals surface area contributed by atoms with E-state index < -0.39 is 5.60 Å². The number of aromatic nitrogens is 2. The van der Waals surface area contributed by atoms with Crippen LogP contribution in [0, 0.1) is 0 Å². The number of ether oxygens (including phenoxy) is 1. The number of rotatable bonds is 1. The summed E-state index contributed by atoms with van der Waals surface area (Å²) in [6, 6.07) is 1.96. The van der Waals surface area contributed by atoms with E-state index in [0.717, 1.165) is 5.82 Å². The Morgan fingerprint density at radius 1 is 1.43 bits per heavy atom. The first kappa shape index (κ1) is 15.8. The maximum Gasteiger partial charge on any atom is 0.410 e. The van der Waals surface area contributed by atoms with E-state index in [9.17, 15) is 4.79 Å². The number of hydrogen-bond acceptors (Lipinski definition) is 5. The Morgan fingerprint density at radius 3 is 2.71 bits per heavy atom. The Labute approximate surface area is 130 Å². The summed E-state index contributed by atoms with van der Waals surface area (Å²) in [6.07, 6.45) is 1.37. The van der Waals surface area contributed by atoms with E-state index >= 15 is 0 Å². The van der Waals surface area contributed by atoms with Crippen LogP contribution in [0.5, 0.6) is 0 Å². The summed E-state index contributed by atoms with van der Waals surface area (Å²) in [4.78, 5) is 24.1. The summed E-state index contributed by atoms with van der Waals surface area (Å²) in [5, 5.41) is 0.231. The van der Waals surface area contributed by atoms with Crippen molar-refractivity contribution in [1.29, 1.82) is 0 Å². The van der Waals surface area contributed by atoms with Crippen molar-refractivity contribution in [1.82, 2.24) is 14.9 Å². The van der Waals surface area contributed by atoms with E-state index in [1.54, 1.807) is 11.1 Å². The first-order valence-electron chi connectivity index (χ1n) is 6.99. The summed E-state index contributed by atoms with van der Waals surface area (Å²) < 4.78 is 5.41. The zero-order chi connectivity index (χ0) is 15.6. The van der Waals surface area contributed by atoms with E-state index in [1.165, 1.54) is 0 Å². The van der Waals surface area contributed by atoms with Gasteiger partial charge in [0.1, 0.15) is 11.4 Å². The molecule has 1 atom stereocenters. The summed E-state index contributed by atoms with van der Waals surface area (Å²) in [7, 11) is 0. The molecule has 0 spiro atoms. The number of carbonyl (C=O) groups is 1. The number of halogens is 1. The lowest BCUT2D eigenvalue weighted by Crippen LogP contribution is -2.54. The van der Waals surface area contributed by atoms with Gasteiger partial charge in [-0.25, -0.2) is 14.8 Å². The third-order valence-electron chi connectivity index (χ3n) is 3.18. The first-order valence-corrected chi connectivity index (χ1v) is 7.37. The number of piperazine rings is 1. The van der Waals surface area contributed by atoms with Crippen LogP contribution >= 0.6 is 11.6 Å². The molecule has 1 aromatic heterocycles. The van der Waals surface area contributed by atoms with Gasteiger partial charge in [-0.05, 0) is 45.4 Å². The van der Waals surface area contributed by atoms with Crippen molar-refractivity contribution >= 4 is 23.5 Å². The Morgan fingerprint density at radius 2 is 2.14 bits per heavy atom. The lowest BCUT2D eigenvalue weighted by Gasteiger charge is -2.40. The molecule has 1 amide bonds. The molecule has 2 rings (SSSR count). The largest absolute Gasteiger partial charge is 0.444 e. The fraction of sp³-hybridized carbons (Fsp3) is 0.643. The van der Waals surface area contributed by atoms with Crippen LogP contribution in [0.25, 0.3) is 0 Å². The molecule has 1 aliphatic heterocycles. The Kier molecular flexibility index (Phi) is 4.56. The van der Waals surface area contributed by atoms with Crippen LogP contribution in [0.1, 0.15) is 27.7 Å². The normalized spacial score (nSPS) is 19.6. The van der Waals surface area contributed by atoms with Crippen LogP contribution in [-0.4, -0.2) is 52.2 Å². The van der Waals surface area contributed by atoms with Crippen LogP contribution in [0.15, 0.2) is 12.3 Å². The minimum atomic E-state index is -0.475. The molecule has 116 valence electrons. The predicted molar refractivity (Wildman–Crippen MR) is 81.7 cm³/mol. The van der Waals surface area contributed by atoms with Crippen molar-refractivity contribution in [3.8, 4) is 0 Å². The molecule has 1 unspecified atom stereocenters. The Bertz CT molecular complexity index is 518. The molecule has 1 fully saturated rings. The third-order valence-corrected chi connectivity index (χ3v) is 3.37. The highest BCUT2D eigenvalue weighted by atomic mass is 35.5. The van der Waals surface area contributed by atoms with Crippen molar-refractivity contribution < 1.29 is 9.53 Å². The quantitative estimate of drug-likeness (QED) is 0.746. The van der Waals surface area contributed by atoms with Crippen molar-refractivity contribution in [2.24, 2.45) is 0 Å². The highest BCUT2D eigenvalue weighted by Gasteiger charge is 2.30. The molecule has 1 saturated heterocycles. The van der Waals surface area contributed by atoms with Gasteiger partial charge >= 0.3 is 6.09 Å². The molecule has 0 saturated carbocycles. The second kappa shape index (κ2) is 6.05. The molecule has 0 radical (unpaired) electrons. The van der Waals surface area contributed by atoms with Gasteiger partial charge in [-0.15, -0.1) is 0 Å². The molecule has 0 bridgehead atoms. The second-order valence-electron chi connectivity index (χ2n) is 6.15.